The molecule has 0 saturated carbocycles. The minimum atomic E-state index is -0.863. The number of rotatable bonds is 7. The van der Waals surface area contributed by atoms with E-state index < -0.39 is 11.1 Å². The van der Waals surface area contributed by atoms with Crippen LogP contribution in [0.4, 0.5) is 0 Å². The van der Waals surface area contributed by atoms with Crippen LogP contribution in [-0.4, -0.2) is 34.3 Å². The summed E-state index contributed by atoms with van der Waals surface area (Å²) in [4.78, 5) is 23.6. The summed E-state index contributed by atoms with van der Waals surface area (Å²) in [5.74, 6) is 0.0303. The van der Waals surface area contributed by atoms with Crippen LogP contribution in [0.1, 0.15) is 6.42 Å². The molecule has 0 fully saturated rings. The molecule has 0 aromatic heterocycles. The molecule has 0 rings (SSSR count). The van der Waals surface area contributed by atoms with Crippen LogP contribution in [-0.2, 0) is 9.63 Å². The third-order valence-corrected chi connectivity index (χ3v) is 1.83. The Hall–Kier alpha value is -0.980. The fourth-order valence-corrected chi connectivity index (χ4v) is 1.15. The Kier molecular flexibility index (Phi) is 6.16. The van der Waals surface area contributed by atoms with Crippen LogP contribution in [0.15, 0.2) is 0 Å². The highest BCUT2D eigenvalue weighted by molar-refractivity contribution is 7.99. The second-order valence-corrected chi connectivity index (χ2v) is 3.04. The lowest BCUT2D eigenvalue weighted by Crippen LogP contribution is -2.05. The van der Waals surface area contributed by atoms with Gasteiger partial charge in [0.1, 0.15) is 6.61 Å². The Morgan fingerprint density at radius 2 is 2.25 bits per heavy atom. The Balaban J connectivity index is 3.01. The molecule has 0 aliphatic rings. The van der Waals surface area contributed by atoms with Gasteiger partial charge >= 0.3 is 5.97 Å². The number of thioether (sulfide) groups is 1. The van der Waals surface area contributed by atoms with Crippen LogP contribution in [0, 0.1) is 10.1 Å². The molecule has 0 atom stereocenters. The second kappa shape index (κ2) is 6.71. The molecule has 0 amide bonds. The molecule has 0 aliphatic carbocycles. The molecule has 0 saturated heterocycles. The van der Waals surface area contributed by atoms with Crippen LogP contribution in [0.2, 0.25) is 0 Å². The van der Waals surface area contributed by atoms with Gasteiger partial charge in [0.2, 0.25) is 0 Å². The van der Waals surface area contributed by atoms with E-state index in [9.17, 15) is 14.9 Å². The monoisotopic (exact) mass is 195 g/mol. The van der Waals surface area contributed by atoms with E-state index in [4.69, 9.17) is 5.11 Å². The molecule has 0 bridgehead atoms. The van der Waals surface area contributed by atoms with E-state index in [2.05, 4.69) is 4.84 Å². The third-order valence-electron chi connectivity index (χ3n) is 0.885. The minimum absolute atomic E-state index is 0.0112. The van der Waals surface area contributed by atoms with Crippen molar-refractivity contribution < 1.29 is 19.8 Å². The van der Waals surface area contributed by atoms with Gasteiger partial charge < -0.3 is 9.94 Å². The quantitative estimate of drug-likeness (QED) is 0.359. The highest BCUT2D eigenvalue weighted by Crippen LogP contribution is 2.01. The number of aliphatic carboxylic acids is 1. The summed E-state index contributed by atoms with van der Waals surface area (Å²) in [6.45, 7) is 0.0112. The molecular formula is C5H9NO5S. The number of nitrogens with zero attached hydrogens (tertiary/aromatic N) is 1. The summed E-state index contributed by atoms with van der Waals surface area (Å²) in [6, 6.07) is 0. The second-order valence-electron chi connectivity index (χ2n) is 1.81. The summed E-state index contributed by atoms with van der Waals surface area (Å²) in [5, 5.41) is 17.0. The molecule has 0 aromatic rings. The van der Waals surface area contributed by atoms with Crippen molar-refractivity contribution in [3.8, 4) is 0 Å². The van der Waals surface area contributed by atoms with Crippen molar-refractivity contribution in [2.45, 2.75) is 6.42 Å². The van der Waals surface area contributed by atoms with Crippen molar-refractivity contribution in [1.29, 1.82) is 0 Å². The lowest BCUT2D eigenvalue weighted by molar-refractivity contribution is -0.756. The lowest BCUT2D eigenvalue weighted by atomic mass is 10.5. The van der Waals surface area contributed by atoms with Crippen molar-refractivity contribution >= 4 is 17.7 Å². The number of carboxylic acids is 1. The number of hydrogen-bond acceptors (Lipinski definition) is 5. The molecule has 0 unspecified atom stereocenters. The summed E-state index contributed by atoms with van der Waals surface area (Å²) in [6.07, 6.45) is 0.0726. The van der Waals surface area contributed by atoms with E-state index in [0.29, 0.717) is 11.5 Å². The molecule has 70 valence electrons. The Bertz CT molecular complexity index is 144. The first-order chi connectivity index (χ1) is 5.63. The predicted molar refractivity (Wildman–Crippen MR) is 42.5 cm³/mol. The Labute approximate surface area is 73.0 Å². The van der Waals surface area contributed by atoms with Crippen LogP contribution in [0.5, 0.6) is 0 Å². The van der Waals surface area contributed by atoms with Gasteiger partial charge in [0.25, 0.3) is 5.09 Å². The lowest BCUT2D eigenvalue weighted by Gasteiger charge is -1.97. The molecule has 0 aliphatic heterocycles. The van der Waals surface area contributed by atoms with E-state index in [1.165, 1.54) is 11.8 Å². The Morgan fingerprint density at radius 3 is 2.75 bits per heavy atom. The van der Waals surface area contributed by atoms with Crippen molar-refractivity contribution in [3.63, 3.8) is 0 Å². The zero-order valence-corrected chi connectivity index (χ0v) is 7.08. The smallest absolute Gasteiger partial charge is 0.304 e. The van der Waals surface area contributed by atoms with Gasteiger partial charge in [-0.1, -0.05) is 0 Å². The first kappa shape index (κ1) is 11.0. The highest BCUT2D eigenvalue weighted by atomic mass is 32.2. The molecule has 7 heteroatoms. The van der Waals surface area contributed by atoms with Crippen molar-refractivity contribution in [2.75, 3.05) is 18.1 Å². The summed E-state index contributed by atoms with van der Waals surface area (Å²) in [7, 11) is 0. The number of hydrogen-bond donors (Lipinski definition) is 1. The molecule has 12 heavy (non-hydrogen) atoms. The first-order valence-corrected chi connectivity index (χ1v) is 4.35. The average Bonchev–Trinajstić information content (AvgIpc) is 1.95. The maximum absolute atomic E-state index is 9.99. The van der Waals surface area contributed by atoms with E-state index >= 15 is 0 Å². The predicted octanol–water partition coefficient (Wildman–Crippen LogP) is 0.403. The minimum Gasteiger partial charge on any atom is -0.481 e. The highest BCUT2D eigenvalue weighted by Gasteiger charge is 1.97. The molecule has 6 nitrogen and oxygen atoms in total. The topological polar surface area (TPSA) is 89.7 Å². The number of carbonyl (C=O) groups is 1. The van der Waals surface area contributed by atoms with Gasteiger partial charge in [-0.15, -0.1) is 10.1 Å². The van der Waals surface area contributed by atoms with Gasteiger partial charge in [-0.05, 0) is 0 Å². The van der Waals surface area contributed by atoms with E-state index in [-0.39, 0.29) is 13.0 Å². The Morgan fingerprint density at radius 1 is 1.58 bits per heavy atom. The molecule has 0 heterocycles. The van der Waals surface area contributed by atoms with E-state index in [1.54, 1.807) is 0 Å². The largest absolute Gasteiger partial charge is 0.481 e. The van der Waals surface area contributed by atoms with Crippen molar-refractivity contribution in [2.24, 2.45) is 0 Å². The normalized spacial score (nSPS) is 9.33. The van der Waals surface area contributed by atoms with Crippen LogP contribution < -0.4 is 0 Å². The summed E-state index contributed by atoms with van der Waals surface area (Å²) < 4.78 is 0. The van der Waals surface area contributed by atoms with Crippen molar-refractivity contribution in [3.05, 3.63) is 10.1 Å². The van der Waals surface area contributed by atoms with E-state index in [0.717, 1.165) is 0 Å². The van der Waals surface area contributed by atoms with Crippen LogP contribution in [0.3, 0.4) is 0 Å². The van der Waals surface area contributed by atoms with Gasteiger partial charge in [-0.2, -0.15) is 11.8 Å². The average molecular weight is 195 g/mol. The SMILES string of the molecule is O=C(O)CCSCCO[N+](=O)[O-]. The van der Waals surface area contributed by atoms with Crippen molar-refractivity contribution in [1.82, 2.24) is 0 Å². The maximum atomic E-state index is 9.99. The molecule has 0 radical (unpaired) electrons. The zero-order valence-electron chi connectivity index (χ0n) is 6.26. The van der Waals surface area contributed by atoms with Crippen LogP contribution >= 0.6 is 11.8 Å². The molecule has 1 N–H and O–H groups in total. The first-order valence-electron chi connectivity index (χ1n) is 3.20. The van der Waals surface area contributed by atoms with Gasteiger partial charge in [-0.3, -0.25) is 4.79 Å². The van der Waals surface area contributed by atoms with Gasteiger partial charge in [0.15, 0.2) is 0 Å². The molecule has 0 spiro atoms. The molecular weight excluding hydrogens is 186 g/mol. The van der Waals surface area contributed by atoms with Gasteiger partial charge in [0.05, 0.1) is 6.42 Å². The maximum Gasteiger partial charge on any atom is 0.304 e. The standard InChI is InChI=1S/C5H9NO5S/c7-5(8)1-3-12-4-2-11-6(9)10/h1-4H2,(H,7,8). The fraction of sp³-hybridized carbons (Fsp3) is 0.800. The number of carboxylic acid groups (broad SMARTS) is 1. The third kappa shape index (κ3) is 9.02. The molecule has 0 aromatic carbocycles. The van der Waals surface area contributed by atoms with Crippen LogP contribution in [0.25, 0.3) is 0 Å². The van der Waals surface area contributed by atoms with Gasteiger partial charge in [-0.25, -0.2) is 0 Å². The van der Waals surface area contributed by atoms with Gasteiger partial charge in [0, 0.05) is 11.5 Å². The fourth-order valence-electron chi connectivity index (χ4n) is 0.432. The summed E-state index contributed by atoms with van der Waals surface area (Å²) >= 11 is 1.31. The van der Waals surface area contributed by atoms with E-state index in [1.807, 2.05) is 0 Å². The zero-order chi connectivity index (χ0) is 9.40. The summed E-state index contributed by atoms with van der Waals surface area (Å²) in [5.41, 5.74) is 0.